The Bertz CT molecular complexity index is 805. The lowest BCUT2D eigenvalue weighted by molar-refractivity contribution is 0.174. The van der Waals surface area contributed by atoms with Gasteiger partial charge in [0.25, 0.3) is 0 Å². The lowest BCUT2D eigenvalue weighted by atomic mass is 10.1. The first kappa shape index (κ1) is 18.4. The summed E-state index contributed by atoms with van der Waals surface area (Å²) in [6, 6.07) is 10.6. The van der Waals surface area contributed by atoms with Crippen LogP contribution in [0, 0.1) is 0 Å². The quantitative estimate of drug-likeness (QED) is 0.679. The Morgan fingerprint density at radius 3 is 2.70 bits per heavy atom. The fourth-order valence-electron chi connectivity index (χ4n) is 3.59. The molecular formula is C21H24BrNO4. The van der Waals surface area contributed by atoms with Crippen molar-refractivity contribution in [2.75, 3.05) is 13.9 Å². The minimum absolute atomic E-state index is 0.273. The van der Waals surface area contributed by atoms with Crippen LogP contribution in [0.2, 0.25) is 0 Å². The molecule has 1 heterocycles. The van der Waals surface area contributed by atoms with Gasteiger partial charge in [0.2, 0.25) is 6.79 Å². The monoisotopic (exact) mass is 433 g/mol. The average molecular weight is 434 g/mol. The summed E-state index contributed by atoms with van der Waals surface area (Å²) >= 11 is 3.64. The van der Waals surface area contributed by atoms with E-state index >= 15 is 0 Å². The number of hydrogen-bond acceptors (Lipinski definition) is 5. The molecule has 27 heavy (non-hydrogen) atoms. The Kier molecular flexibility index (Phi) is 5.74. The molecule has 2 aromatic carbocycles. The molecule has 144 valence electrons. The highest BCUT2D eigenvalue weighted by atomic mass is 79.9. The Labute approximate surface area is 168 Å². The zero-order valence-corrected chi connectivity index (χ0v) is 17.0. The lowest BCUT2D eigenvalue weighted by Crippen LogP contribution is -2.25. The lowest BCUT2D eigenvalue weighted by Gasteiger charge is -2.16. The van der Waals surface area contributed by atoms with E-state index in [1.807, 2.05) is 24.3 Å². The van der Waals surface area contributed by atoms with Gasteiger partial charge in [-0.1, -0.05) is 18.9 Å². The summed E-state index contributed by atoms with van der Waals surface area (Å²) in [6.45, 7) is 1.53. The molecule has 0 bridgehead atoms. The van der Waals surface area contributed by atoms with Crippen LogP contribution in [0.5, 0.6) is 23.0 Å². The molecule has 0 unspecified atom stereocenters. The second-order valence-corrected chi connectivity index (χ2v) is 7.80. The van der Waals surface area contributed by atoms with Gasteiger partial charge in [0.15, 0.2) is 23.0 Å². The summed E-state index contributed by atoms with van der Waals surface area (Å²) in [5.41, 5.74) is 2.20. The fourth-order valence-corrected chi connectivity index (χ4v) is 4.20. The molecule has 1 fully saturated rings. The van der Waals surface area contributed by atoms with Gasteiger partial charge in [-0.2, -0.15) is 0 Å². The molecule has 1 saturated carbocycles. The number of hydrogen-bond donors (Lipinski definition) is 1. The van der Waals surface area contributed by atoms with E-state index in [9.17, 15) is 0 Å². The van der Waals surface area contributed by atoms with E-state index in [-0.39, 0.29) is 6.79 Å². The molecule has 0 spiro atoms. The number of halogens is 1. The Morgan fingerprint density at radius 2 is 1.89 bits per heavy atom. The van der Waals surface area contributed by atoms with E-state index in [1.54, 1.807) is 7.11 Å². The van der Waals surface area contributed by atoms with Crippen molar-refractivity contribution in [3.63, 3.8) is 0 Å². The average Bonchev–Trinajstić information content (AvgIpc) is 3.36. The molecule has 6 heteroatoms. The summed E-state index contributed by atoms with van der Waals surface area (Å²) in [7, 11) is 1.67. The minimum Gasteiger partial charge on any atom is -0.493 e. The van der Waals surface area contributed by atoms with Gasteiger partial charge in [-0.3, -0.25) is 0 Å². The summed E-state index contributed by atoms with van der Waals surface area (Å²) in [4.78, 5) is 0. The van der Waals surface area contributed by atoms with E-state index in [4.69, 9.17) is 18.9 Å². The maximum atomic E-state index is 6.05. The highest BCUT2D eigenvalue weighted by Gasteiger charge is 2.17. The van der Waals surface area contributed by atoms with Crippen LogP contribution in [0.1, 0.15) is 36.8 Å². The van der Waals surface area contributed by atoms with Crippen LogP contribution in [-0.4, -0.2) is 19.9 Å². The largest absolute Gasteiger partial charge is 0.493 e. The van der Waals surface area contributed by atoms with Crippen LogP contribution in [-0.2, 0) is 13.2 Å². The van der Waals surface area contributed by atoms with Crippen molar-refractivity contribution < 1.29 is 18.9 Å². The van der Waals surface area contributed by atoms with Gasteiger partial charge in [0, 0.05) is 12.6 Å². The highest BCUT2D eigenvalue weighted by molar-refractivity contribution is 9.10. The Balaban J connectivity index is 1.43. The SMILES string of the molecule is COc1cc(CNC2CCCC2)cc(Br)c1OCc1ccc2c(c1)OCO2. The first-order chi connectivity index (χ1) is 13.2. The molecule has 1 aliphatic carbocycles. The van der Waals surface area contributed by atoms with Crippen LogP contribution in [0.25, 0.3) is 0 Å². The molecule has 0 atom stereocenters. The van der Waals surface area contributed by atoms with E-state index < -0.39 is 0 Å². The second kappa shape index (κ2) is 8.40. The maximum absolute atomic E-state index is 6.05. The van der Waals surface area contributed by atoms with Crippen LogP contribution in [0.4, 0.5) is 0 Å². The molecule has 1 N–H and O–H groups in total. The summed E-state index contributed by atoms with van der Waals surface area (Å²) in [5.74, 6) is 2.97. The molecule has 0 radical (unpaired) electrons. The van der Waals surface area contributed by atoms with Crippen LogP contribution in [0.3, 0.4) is 0 Å². The van der Waals surface area contributed by atoms with Crippen LogP contribution in [0.15, 0.2) is 34.8 Å². The van der Waals surface area contributed by atoms with Crippen LogP contribution < -0.4 is 24.3 Å². The number of fused-ring (bicyclic) bond motifs is 1. The van der Waals surface area contributed by atoms with Gasteiger partial charge >= 0.3 is 0 Å². The predicted octanol–water partition coefficient (Wildman–Crippen LogP) is 4.80. The van der Waals surface area contributed by atoms with Crippen molar-refractivity contribution in [3.05, 3.63) is 45.9 Å². The predicted molar refractivity (Wildman–Crippen MR) is 107 cm³/mol. The van der Waals surface area contributed by atoms with Crippen molar-refractivity contribution >= 4 is 15.9 Å². The summed E-state index contributed by atoms with van der Waals surface area (Å²) in [6.07, 6.45) is 5.21. The third kappa shape index (κ3) is 4.33. The summed E-state index contributed by atoms with van der Waals surface area (Å²) < 4.78 is 23.3. The normalized spacial score (nSPS) is 15.9. The number of benzene rings is 2. The van der Waals surface area contributed by atoms with E-state index in [0.717, 1.165) is 33.8 Å². The van der Waals surface area contributed by atoms with Crippen molar-refractivity contribution in [1.29, 1.82) is 0 Å². The first-order valence-corrected chi connectivity index (χ1v) is 10.1. The van der Waals surface area contributed by atoms with Crippen LogP contribution >= 0.6 is 15.9 Å². The highest BCUT2D eigenvalue weighted by Crippen LogP contribution is 2.38. The van der Waals surface area contributed by atoms with Gasteiger partial charge in [-0.05, 0) is 64.2 Å². The maximum Gasteiger partial charge on any atom is 0.231 e. The van der Waals surface area contributed by atoms with Gasteiger partial charge < -0.3 is 24.3 Å². The molecule has 1 aliphatic heterocycles. The van der Waals surface area contributed by atoms with Gasteiger partial charge in [0.1, 0.15) is 6.61 Å². The molecular weight excluding hydrogens is 410 g/mol. The van der Waals surface area contributed by atoms with E-state index in [2.05, 4.69) is 27.3 Å². The third-order valence-corrected chi connectivity index (χ3v) is 5.65. The van der Waals surface area contributed by atoms with Gasteiger partial charge in [-0.15, -0.1) is 0 Å². The zero-order valence-electron chi connectivity index (χ0n) is 15.4. The Hall–Kier alpha value is -1.92. The van der Waals surface area contributed by atoms with Gasteiger partial charge in [-0.25, -0.2) is 0 Å². The third-order valence-electron chi connectivity index (χ3n) is 5.06. The smallest absolute Gasteiger partial charge is 0.231 e. The van der Waals surface area contributed by atoms with Crippen molar-refractivity contribution in [1.82, 2.24) is 5.32 Å². The molecule has 5 nitrogen and oxygen atoms in total. The minimum atomic E-state index is 0.273. The van der Waals surface area contributed by atoms with Crippen molar-refractivity contribution in [2.45, 2.75) is 44.9 Å². The first-order valence-electron chi connectivity index (χ1n) is 9.34. The fraction of sp³-hybridized carbons (Fsp3) is 0.429. The van der Waals surface area contributed by atoms with E-state index in [0.29, 0.717) is 18.4 Å². The number of nitrogens with one attached hydrogen (secondary N) is 1. The Morgan fingerprint density at radius 1 is 1.07 bits per heavy atom. The molecule has 0 saturated heterocycles. The number of rotatable bonds is 7. The number of methoxy groups -OCH3 is 1. The zero-order chi connectivity index (χ0) is 18.6. The molecule has 2 aliphatic rings. The molecule has 0 amide bonds. The van der Waals surface area contributed by atoms with Gasteiger partial charge in [0.05, 0.1) is 11.6 Å². The van der Waals surface area contributed by atoms with Crippen molar-refractivity contribution in [2.24, 2.45) is 0 Å². The number of ether oxygens (including phenoxy) is 4. The van der Waals surface area contributed by atoms with E-state index in [1.165, 1.54) is 31.2 Å². The van der Waals surface area contributed by atoms with Crippen molar-refractivity contribution in [3.8, 4) is 23.0 Å². The molecule has 0 aromatic heterocycles. The topological polar surface area (TPSA) is 49.0 Å². The molecule has 4 rings (SSSR count). The summed E-state index contributed by atoms with van der Waals surface area (Å²) in [5, 5.41) is 3.63. The second-order valence-electron chi connectivity index (χ2n) is 6.95. The molecule has 2 aromatic rings. The standard InChI is InChI=1S/C21H24BrNO4/c1-24-20-10-15(11-23-16-4-2-3-5-16)8-17(22)21(20)25-12-14-6-7-18-19(9-14)27-13-26-18/h6-10,16,23H,2-5,11-13H2,1H3.